The van der Waals surface area contributed by atoms with E-state index in [-0.39, 0.29) is 0 Å². The molecule has 82 valence electrons. The number of benzene rings is 1. The summed E-state index contributed by atoms with van der Waals surface area (Å²) in [5.41, 5.74) is 6.08. The summed E-state index contributed by atoms with van der Waals surface area (Å²) in [4.78, 5) is 4.42. The predicted octanol–water partition coefficient (Wildman–Crippen LogP) is 4.44. The summed E-state index contributed by atoms with van der Waals surface area (Å²) in [6.45, 7) is 6.39. The molecule has 2 rings (SSSR count). The highest BCUT2D eigenvalue weighted by molar-refractivity contribution is 9.10. The Morgan fingerprint density at radius 3 is 2.44 bits per heavy atom. The van der Waals surface area contributed by atoms with Crippen LogP contribution < -0.4 is 0 Å². The zero-order valence-electron chi connectivity index (χ0n) is 9.71. The van der Waals surface area contributed by atoms with Crippen molar-refractivity contribution in [1.29, 1.82) is 0 Å². The summed E-state index contributed by atoms with van der Waals surface area (Å²) in [7, 11) is 0. The van der Waals surface area contributed by atoms with Crippen LogP contribution in [-0.4, -0.2) is 4.98 Å². The smallest absolute Gasteiger partial charge is 0.0707 e. The average Bonchev–Trinajstić information content (AvgIpc) is 2.28. The van der Waals surface area contributed by atoms with Gasteiger partial charge in [0.05, 0.1) is 5.69 Å². The minimum absolute atomic E-state index is 1.04. The van der Waals surface area contributed by atoms with Crippen molar-refractivity contribution in [2.24, 2.45) is 0 Å². The molecule has 0 radical (unpaired) electrons. The van der Waals surface area contributed by atoms with Crippen LogP contribution in [0.1, 0.15) is 16.7 Å². The van der Waals surface area contributed by atoms with E-state index in [1.165, 1.54) is 26.7 Å². The minimum Gasteiger partial charge on any atom is -0.256 e. The van der Waals surface area contributed by atoms with Gasteiger partial charge >= 0.3 is 0 Å². The molecule has 0 aliphatic rings. The van der Waals surface area contributed by atoms with Gasteiger partial charge in [0.1, 0.15) is 0 Å². The highest BCUT2D eigenvalue weighted by Crippen LogP contribution is 2.32. The molecule has 16 heavy (non-hydrogen) atoms. The fourth-order valence-electron chi connectivity index (χ4n) is 2.07. The Morgan fingerprint density at radius 2 is 1.81 bits per heavy atom. The van der Waals surface area contributed by atoms with E-state index in [0.717, 1.165) is 5.69 Å². The fourth-order valence-corrected chi connectivity index (χ4v) is 2.38. The molecule has 1 nitrogen and oxygen atoms in total. The van der Waals surface area contributed by atoms with Crippen LogP contribution in [0.4, 0.5) is 0 Å². The molecule has 0 unspecified atom stereocenters. The molecule has 0 spiro atoms. The van der Waals surface area contributed by atoms with Crippen molar-refractivity contribution in [2.75, 3.05) is 0 Å². The maximum Gasteiger partial charge on any atom is 0.0707 e. The van der Waals surface area contributed by atoms with Crippen LogP contribution >= 0.6 is 15.9 Å². The van der Waals surface area contributed by atoms with E-state index >= 15 is 0 Å². The van der Waals surface area contributed by atoms with E-state index in [9.17, 15) is 0 Å². The third kappa shape index (κ3) is 1.90. The average molecular weight is 276 g/mol. The number of rotatable bonds is 1. The molecular weight excluding hydrogens is 262 g/mol. The van der Waals surface area contributed by atoms with Gasteiger partial charge in [-0.2, -0.15) is 0 Å². The number of pyridine rings is 1. The lowest BCUT2D eigenvalue weighted by Crippen LogP contribution is -1.94. The van der Waals surface area contributed by atoms with Crippen molar-refractivity contribution in [1.82, 2.24) is 4.98 Å². The molecule has 1 aromatic carbocycles. The predicted molar refractivity (Wildman–Crippen MR) is 71.6 cm³/mol. The van der Waals surface area contributed by atoms with E-state index in [1.807, 2.05) is 18.3 Å². The van der Waals surface area contributed by atoms with Crippen molar-refractivity contribution in [3.8, 4) is 11.3 Å². The largest absolute Gasteiger partial charge is 0.256 e. The van der Waals surface area contributed by atoms with Gasteiger partial charge in [-0.05, 0) is 49.6 Å². The van der Waals surface area contributed by atoms with Gasteiger partial charge in [-0.15, -0.1) is 0 Å². The molecule has 0 aliphatic carbocycles. The first-order valence-electron chi connectivity index (χ1n) is 5.29. The monoisotopic (exact) mass is 275 g/mol. The van der Waals surface area contributed by atoms with E-state index in [1.54, 1.807) is 0 Å². The highest BCUT2D eigenvalue weighted by atomic mass is 79.9. The molecule has 1 heterocycles. The summed E-state index contributed by atoms with van der Waals surface area (Å²) in [6, 6.07) is 8.21. The topological polar surface area (TPSA) is 12.9 Å². The third-order valence-corrected chi connectivity index (χ3v) is 4.02. The van der Waals surface area contributed by atoms with Crippen molar-refractivity contribution < 1.29 is 0 Å². The van der Waals surface area contributed by atoms with E-state index in [2.05, 4.69) is 53.8 Å². The first-order chi connectivity index (χ1) is 7.61. The Morgan fingerprint density at radius 1 is 1.06 bits per heavy atom. The number of hydrogen-bond donors (Lipinski definition) is 0. The van der Waals surface area contributed by atoms with Gasteiger partial charge in [0.25, 0.3) is 0 Å². The normalized spacial score (nSPS) is 10.5. The Bertz CT molecular complexity index is 518. The van der Waals surface area contributed by atoms with Crippen molar-refractivity contribution in [3.05, 3.63) is 51.6 Å². The van der Waals surface area contributed by atoms with Gasteiger partial charge in [-0.1, -0.05) is 28.1 Å². The first kappa shape index (κ1) is 11.3. The van der Waals surface area contributed by atoms with Crippen molar-refractivity contribution >= 4 is 15.9 Å². The third-order valence-electron chi connectivity index (χ3n) is 2.80. The second-order valence-corrected chi connectivity index (χ2v) is 4.83. The van der Waals surface area contributed by atoms with Gasteiger partial charge in [-0.3, -0.25) is 4.98 Å². The molecule has 0 amide bonds. The van der Waals surface area contributed by atoms with E-state index < -0.39 is 0 Å². The molecule has 2 heteroatoms. The number of aryl methyl sites for hydroxylation is 2. The summed E-state index contributed by atoms with van der Waals surface area (Å²) in [5, 5.41) is 0. The van der Waals surface area contributed by atoms with Gasteiger partial charge in [-0.25, -0.2) is 0 Å². The van der Waals surface area contributed by atoms with Gasteiger partial charge in [0, 0.05) is 16.2 Å². The quantitative estimate of drug-likeness (QED) is 0.750. The molecule has 0 saturated heterocycles. The number of aromatic nitrogens is 1. The molecule has 1 aromatic heterocycles. The summed E-state index contributed by atoms with van der Waals surface area (Å²) >= 11 is 3.63. The summed E-state index contributed by atoms with van der Waals surface area (Å²) in [5.74, 6) is 0. The van der Waals surface area contributed by atoms with Crippen molar-refractivity contribution in [3.63, 3.8) is 0 Å². The highest BCUT2D eigenvalue weighted by Gasteiger charge is 2.11. The lowest BCUT2D eigenvalue weighted by atomic mass is 9.97. The SMILES string of the molecule is Cc1cc(C)c(-c2ccccn2)c(C)c1Br. The van der Waals surface area contributed by atoms with Crippen LogP contribution in [-0.2, 0) is 0 Å². The minimum atomic E-state index is 1.04. The van der Waals surface area contributed by atoms with Gasteiger partial charge in [0.2, 0.25) is 0 Å². The Kier molecular flexibility index (Phi) is 3.10. The zero-order valence-corrected chi connectivity index (χ0v) is 11.3. The van der Waals surface area contributed by atoms with Crippen molar-refractivity contribution in [2.45, 2.75) is 20.8 Å². The molecule has 0 N–H and O–H groups in total. The Labute approximate surface area is 105 Å². The fraction of sp³-hybridized carbons (Fsp3) is 0.214. The Hall–Kier alpha value is -1.15. The number of halogens is 1. The van der Waals surface area contributed by atoms with Crippen LogP contribution in [0, 0.1) is 20.8 Å². The zero-order chi connectivity index (χ0) is 11.7. The number of nitrogens with zero attached hydrogens (tertiary/aromatic N) is 1. The first-order valence-corrected chi connectivity index (χ1v) is 6.08. The lowest BCUT2D eigenvalue weighted by molar-refractivity contribution is 1.24. The molecule has 0 aliphatic heterocycles. The van der Waals surface area contributed by atoms with Crippen LogP contribution in [0.25, 0.3) is 11.3 Å². The Balaban J connectivity index is 2.71. The maximum absolute atomic E-state index is 4.42. The van der Waals surface area contributed by atoms with E-state index in [4.69, 9.17) is 0 Å². The van der Waals surface area contributed by atoms with Crippen LogP contribution in [0.15, 0.2) is 34.9 Å². The van der Waals surface area contributed by atoms with Gasteiger partial charge in [0.15, 0.2) is 0 Å². The summed E-state index contributed by atoms with van der Waals surface area (Å²) in [6.07, 6.45) is 1.84. The van der Waals surface area contributed by atoms with Crippen LogP contribution in [0.2, 0.25) is 0 Å². The van der Waals surface area contributed by atoms with Gasteiger partial charge < -0.3 is 0 Å². The second-order valence-electron chi connectivity index (χ2n) is 4.04. The maximum atomic E-state index is 4.42. The summed E-state index contributed by atoms with van der Waals surface area (Å²) < 4.78 is 1.18. The molecule has 0 bridgehead atoms. The second kappa shape index (κ2) is 4.38. The van der Waals surface area contributed by atoms with E-state index in [0.29, 0.717) is 0 Å². The molecule has 0 atom stereocenters. The molecule has 0 fully saturated rings. The molecular formula is C14H14BrN. The standard InChI is InChI=1S/C14H14BrN/c1-9-8-10(2)14(15)11(3)13(9)12-6-4-5-7-16-12/h4-8H,1-3H3. The van der Waals surface area contributed by atoms with Crippen LogP contribution in [0.3, 0.4) is 0 Å². The number of hydrogen-bond acceptors (Lipinski definition) is 1. The molecule has 0 saturated carbocycles. The van der Waals surface area contributed by atoms with Crippen LogP contribution in [0.5, 0.6) is 0 Å². The lowest BCUT2D eigenvalue weighted by Gasteiger charge is -2.13. The molecule has 2 aromatic rings.